The summed E-state index contributed by atoms with van der Waals surface area (Å²) < 4.78 is 12.9. The van der Waals surface area contributed by atoms with Crippen molar-refractivity contribution in [3.63, 3.8) is 0 Å². The lowest BCUT2D eigenvalue weighted by Crippen LogP contribution is -2.41. The number of hydrogen-bond donors (Lipinski definition) is 3. The molecule has 0 saturated heterocycles. The van der Waals surface area contributed by atoms with Gasteiger partial charge in [-0.15, -0.1) is 0 Å². The maximum absolute atomic E-state index is 12.9. The van der Waals surface area contributed by atoms with Gasteiger partial charge in [-0.25, -0.2) is 9.18 Å². The van der Waals surface area contributed by atoms with Gasteiger partial charge in [0.15, 0.2) is 0 Å². The highest BCUT2D eigenvalue weighted by atomic mass is 19.1. The molecular formula is C20H17FN2O3. The molecule has 5 nitrogen and oxygen atoms in total. The smallest absolute Gasteiger partial charge is 0.326 e. The molecule has 6 heteroatoms. The van der Waals surface area contributed by atoms with Gasteiger partial charge in [0.05, 0.1) is 0 Å². The van der Waals surface area contributed by atoms with Crippen LogP contribution in [0.15, 0.2) is 60.8 Å². The Kier molecular flexibility index (Phi) is 5.12. The molecule has 0 aliphatic heterocycles. The Hall–Kier alpha value is -3.41. The van der Waals surface area contributed by atoms with Crippen molar-refractivity contribution < 1.29 is 19.1 Å². The molecule has 3 aromatic rings. The van der Waals surface area contributed by atoms with Crippen molar-refractivity contribution in [1.29, 1.82) is 0 Å². The number of carboxylic acids is 1. The van der Waals surface area contributed by atoms with Crippen LogP contribution in [0.3, 0.4) is 0 Å². The first-order chi connectivity index (χ1) is 12.5. The van der Waals surface area contributed by atoms with Gasteiger partial charge in [0.25, 0.3) is 0 Å². The number of aromatic amines is 1. The van der Waals surface area contributed by atoms with E-state index in [1.54, 1.807) is 6.20 Å². The summed E-state index contributed by atoms with van der Waals surface area (Å²) >= 11 is 0. The van der Waals surface area contributed by atoms with Crippen LogP contribution in [0.2, 0.25) is 0 Å². The number of halogens is 1. The maximum Gasteiger partial charge on any atom is 0.326 e. The van der Waals surface area contributed by atoms with Crippen molar-refractivity contribution in [1.82, 2.24) is 10.3 Å². The highest BCUT2D eigenvalue weighted by Crippen LogP contribution is 2.19. The van der Waals surface area contributed by atoms with Crippen molar-refractivity contribution in [2.24, 2.45) is 0 Å². The second-order valence-corrected chi connectivity index (χ2v) is 5.85. The number of carbonyl (C=O) groups is 2. The van der Waals surface area contributed by atoms with Crippen molar-refractivity contribution in [2.75, 3.05) is 0 Å². The summed E-state index contributed by atoms with van der Waals surface area (Å²) in [6.45, 7) is 0. The molecule has 132 valence electrons. The minimum Gasteiger partial charge on any atom is -0.480 e. The van der Waals surface area contributed by atoms with Crippen LogP contribution in [-0.2, 0) is 16.0 Å². The maximum atomic E-state index is 12.9. The van der Waals surface area contributed by atoms with E-state index in [-0.39, 0.29) is 12.2 Å². The third-order valence-electron chi connectivity index (χ3n) is 4.01. The zero-order chi connectivity index (χ0) is 18.5. The Morgan fingerprint density at radius 2 is 1.88 bits per heavy atom. The molecule has 1 amide bonds. The Bertz CT molecular complexity index is 961. The summed E-state index contributed by atoms with van der Waals surface area (Å²) in [6.07, 6.45) is 4.65. The molecule has 26 heavy (non-hydrogen) atoms. The summed E-state index contributed by atoms with van der Waals surface area (Å²) in [5.74, 6) is -2.00. The zero-order valence-corrected chi connectivity index (χ0v) is 13.8. The third-order valence-corrected chi connectivity index (χ3v) is 4.01. The highest BCUT2D eigenvalue weighted by molar-refractivity contribution is 5.94. The first kappa shape index (κ1) is 17.4. The van der Waals surface area contributed by atoms with Crippen LogP contribution >= 0.6 is 0 Å². The quantitative estimate of drug-likeness (QED) is 0.596. The summed E-state index contributed by atoms with van der Waals surface area (Å²) in [4.78, 5) is 26.7. The number of benzene rings is 2. The van der Waals surface area contributed by atoms with Gasteiger partial charge in [0.2, 0.25) is 5.91 Å². The standard InChI is InChI=1S/C20H17FN2O3/c21-15-8-5-13(6-9-15)7-10-19(24)23-18(20(25)26)11-14-12-22-17-4-2-1-3-16(14)17/h1-10,12,18,22H,11H2,(H,23,24)(H,25,26). The zero-order valence-electron chi connectivity index (χ0n) is 13.8. The van der Waals surface area contributed by atoms with Gasteiger partial charge >= 0.3 is 5.97 Å². The molecule has 3 rings (SSSR count). The largest absolute Gasteiger partial charge is 0.480 e. The number of rotatable bonds is 6. The van der Waals surface area contributed by atoms with Gasteiger partial charge in [-0.1, -0.05) is 30.3 Å². The van der Waals surface area contributed by atoms with Gasteiger partial charge in [0.1, 0.15) is 11.9 Å². The number of H-pyrrole nitrogens is 1. The lowest BCUT2D eigenvalue weighted by atomic mass is 10.0. The number of para-hydroxylation sites is 1. The van der Waals surface area contributed by atoms with E-state index in [9.17, 15) is 19.1 Å². The molecule has 1 unspecified atom stereocenters. The van der Waals surface area contributed by atoms with Gasteiger partial charge < -0.3 is 15.4 Å². The minimum absolute atomic E-state index is 0.162. The molecule has 3 N–H and O–H groups in total. The number of fused-ring (bicyclic) bond motifs is 1. The summed E-state index contributed by atoms with van der Waals surface area (Å²) in [6, 6.07) is 12.1. The molecular weight excluding hydrogens is 335 g/mol. The molecule has 1 heterocycles. The molecule has 0 saturated carbocycles. The van der Waals surface area contributed by atoms with E-state index in [2.05, 4.69) is 10.3 Å². The number of carbonyl (C=O) groups excluding carboxylic acids is 1. The molecule has 0 spiro atoms. The summed E-state index contributed by atoms with van der Waals surface area (Å²) in [5, 5.41) is 12.8. The number of nitrogens with one attached hydrogen (secondary N) is 2. The SMILES string of the molecule is O=C(C=Cc1ccc(F)cc1)NC(Cc1c[nH]c2ccccc12)C(=O)O. The Balaban J connectivity index is 1.69. The van der Waals surface area contributed by atoms with E-state index in [4.69, 9.17) is 0 Å². The predicted molar refractivity (Wildman–Crippen MR) is 97.0 cm³/mol. The van der Waals surface area contributed by atoms with Gasteiger partial charge in [-0.05, 0) is 35.4 Å². The summed E-state index contributed by atoms with van der Waals surface area (Å²) in [7, 11) is 0. The monoisotopic (exact) mass is 352 g/mol. The first-order valence-corrected chi connectivity index (χ1v) is 8.05. The number of carboxylic acid groups (broad SMARTS) is 1. The number of aromatic nitrogens is 1. The van der Waals surface area contributed by atoms with E-state index in [0.717, 1.165) is 16.5 Å². The number of amides is 1. The fourth-order valence-electron chi connectivity index (χ4n) is 2.69. The third kappa shape index (κ3) is 4.16. The molecule has 0 aliphatic rings. The van der Waals surface area contributed by atoms with Crippen molar-refractivity contribution >= 4 is 28.9 Å². The Morgan fingerprint density at radius 1 is 1.15 bits per heavy atom. The fraction of sp³-hybridized carbons (Fsp3) is 0.100. The Morgan fingerprint density at radius 3 is 2.62 bits per heavy atom. The molecule has 0 bridgehead atoms. The van der Waals surface area contributed by atoms with Crippen LogP contribution in [0.5, 0.6) is 0 Å². The van der Waals surface area contributed by atoms with E-state index in [1.165, 1.54) is 36.4 Å². The van der Waals surface area contributed by atoms with Crippen LogP contribution in [0, 0.1) is 5.82 Å². The van der Waals surface area contributed by atoms with E-state index in [0.29, 0.717) is 5.56 Å². The Labute approximate surface area is 149 Å². The van der Waals surface area contributed by atoms with E-state index >= 15 is 0 Å². The van der Waals surface area contributed by atoms with Crippen molar-refractivity contribution in [2.45, 2.75) is 12.5 Å². The second kappa shape index (κ2) is 7.65. The average Bonchev–Trinajstić information content (AvgIpc) is 3.04. The van der Waals surface area contributed by atoms with Gasteiger partial charge in [0, 0.05) is 29.6 Å². The minimum atomic E-state index is -1.11. The van der Waals surface area contributed by atoms with Crippen molar-refractivity contribution in [3.8, 4) is 0 Å². The highest BCUT2D eigenvalue weighted by Gasteiger charge is 2.21. The van der Waals surface area contributed by atoms with Crippen LogP contribution in [-0.4, -0.2) is 28.0 Å². The van der Waals surface area contributed by atoms with Crippen LogP contribution in [0.1, 0.15) is 11.1 Å². The average molecular weight is 352 g/mol. The molecule has 0 fully saturated rings. The predicted octanol–water partition coefficient (Wildman–Crippen LogP) is 3.13. The van der Waals surface area contributed by atoms with Gasteiger partial charge in [-0.3, -0.25) is 4.79 Å². The van der Waals surface area contributed by atoms with Gasteiger partial charge in [-0.2, -0.15) is 0 Å². The molecule has 2 aromatic carbocycles. The van der Waals surface area contributed by atoms with Crippen LogP contribution < -0.4 is 5.32 Å². The molecule has 1 atom stereocenters. The molecule has 0 aliphatic carbocycles. The first-order valence-electron chi connectivity index (χ1n) is 8.05. The summed E-state index contributed by atoms with van der Waals surface area (Å²) in [5.41, 5.74) is 2.37. The van der Waals surface area contributed by atoms with E-state index < -0.39 is 17.9 Å². The van der Waals surface area contributed by atoms with Crippen molar-refractivity contribution in [3.05, 3.63) is 77.7 Å². The number of aliphatic carboxylic acids is 1. The topological polar surface area (TPSA) is 82.2 Å². The normalized spacial score (nSPS) is 12.3. The fourth-order valence-corrected chi connectivity index (χ4v) is 2.69. The van der Waals surface area contributed by atoms with Crippen LogP contribution in [0.25, 0.3) is 17.0 Å². The number of hydrogen-bond acceptors (Lipinski definition) is 2. The molecule has 0 radical (unpaired) electrons. The second-order valence-electron chi connectivity index (χ2n) is 5.85. The van der Waals surface area contributed by atoms with E-state index in [1.807, 2.05) is 24.3 Å². The lowest BCUT2D eigenvalue weighted by Gasteiger charge is -2.12. The lowest BCUT2D eigenvalue weighted by molar-refractivity contribution is -0.141. The van der Waals surface area contributed by atoms with Crippen LogP contribution in [0.4, 0.5) is 4.39 Å². The molecule has 1 aromatic heterocycles.